The summed E-state index contributed by atoms with van der Waals surface area (Å²) in [5.41, 5.74) is 0.389. The smallest absolute Gasteiger partial charge is 0.0540 e. The predicted octanol–water partition coefficient (Wildman–Crippen LogP) is 3.11. The summed E-state index contributed by atoms with van der Waals surface area (Å²) in [5, 5.41) is 19.2. The molecule has 0 heterocycles. The number of aliphatic hydroxyl groups excluding tert-OH is 2. The molecule has 0 atom stereocenters. The number of rotatable bonds is 2. The molecular formula is C15H28O2. The van der Waals surface area contributed by atoms with Crippen molar-refractivity contribution in [2.45, 2.75) is 77.4 Å². The molecule has 0 aromatic heterocycles. The summed E-state index contributed by atoms with van der Waals surface area (Å²) in [6, 6.07) is 0. The van der Waals surface area contributed by atoms with Gasteiger partial charge in [-0.3, -0.25) is 0 Å². The predicted molar refractivity (Wildman–Crippen MR) is 69.7 cm³/mol. The summed E-state index contributed by atoms with van der Waals surface area (Å²) in [6.07, 6.45) is 8.62. The standard InChI is InChI=1S/C15H28O2/c1-15(2,11-3-7-13(16)8-4-11)12-5-9-14(17)10-6-12/h11-14,16-17H,3-10H2,1-2H3/t11-,12-,13-,14-. The summed E-state index contributed by atoms with van der Waals surface area (Å²) >= 11 is 0. The van der Waals surface area contributed by atoms with Crippen LogP contribution in [0.15, 0.2) is 0 Å². The molecule has 2 heteroatoms. The van der Waals surface area contributed by atoms with Crippen LogP contribution in [0.5, 0.6) is 0 Å². The lowest BCUT2D eigenvalue weighted by molar-refractivity contribution is 0.00233. The van der Waals surface area contributed by atoms with Gasteiger partial charge in [-0.1, -0.05) is 13.8 Å². The Balaban J connectivity index is 1.93. The highest BCUT2D eigenvalue weighted by atomic mass is 16.3. The third-order valence-corrected chi connectivity index (χ3v) is 5.50. The van der Waals surface area contributed by atoms with E-state index < -0.39 is 0 Å². The lowest BCUT2D eigenvalue weighted by atomic mass is 9.60. The van der Waals surface area contributed by atoms with Crippen molar-refractivity contribution in [2.24, 2.45) is 17.3 Å². The van der Waals surface area contributed by atoms with Gasteiger partial charge in [0, 0.05) is 0 Å². The highest BCUT2D eigenvalue weighted by molar-refractivity contribution is 4.90. The Morgan fingerprint density at radius 2 is 0.941 bits per heavy atom. The second-order valence-electron chi connectivity index (χ2n) is 6.83. The second-order valence-corrected chi connectivity index (χ2v) is 6.83. The summed E-state index contributed by atoms with van der Waals surface area (Å²) in [6.45, 7) is 4.83. The first-order valence-electron chi connectivity index (χ1n) is 7.36. The van der Waals surface area contributed by atoms with Crippen molar-refractivity contribution in [3.63, 3.8) is 0 Å². The molecule has 0 spiro atoms. The maximum Gasteiger partial charge on any atom is 0.0540 e. The second kappa shape index (κ2) is 5.27. The Hall–Kier alpha value is -0.0800. The molecule has 2 N–H and O–H groups in total. The van der Waals surface area contributed by atoms with E-state index in [2.05, 4.69) is 13.8 Å². The van der Waals surface area contributed by atoms with Crippen molar-refractivity contribution in [1.29, 1.82) is 0 Å². The van der Waals surface area contributed by atoms with Crippen LogP contribution >= 0.6 is 0 Å². The van der Waals surface area contributed by atoms with Crippen LogP contribution in [0.2, 0.25) is 0 Å². The van der Waals surface area contributed by atoms with E-state index in [9.17, 15) is 10.2 Å². The van der Waals surface area contributed by atoms with E-state index in [-0.39, 0.29) is 12.2 Å². The van der Waals surface area contributed by atoms with Crippen molar-refractivity contribution in [1.82, 2.24) is 0 Å². The van der Waals surface area contributed by atoms with E-state index in [1.165, 1.54) is 25.7 Å². The molecular weight excluding hydrogens is 212 g/mol. The summed E-state index contributed by atoms with van der Waals surface area (Å²) in [4.78, 5) is 0. The minimum Gasteiger partial charge on any atom is -0.393 e. The van der Waals surface area contributed by atoms with Crippen LogP contribution in [-0.2, 0) is 0 Å². The summed E-state index contributed by atoms with van der Waals surface area (Å²) in [5.74, 6) is 1.54. The van der Waals surface area contributed by atoms with Crippen LogP contribution in [0.4, 0.5) is 0 Å². The average molecular weight is 240 g/mol. The zero-order chi connectivity index (χ0) is 12.5. The Kier molecular flexibility index (Phi) is 4.14. The Labute approximate surface area is 105 Å². The van der Waals surface area contributed by atoms with Crippen molar-refractivity contribution in [3.05, 3.63) is 0 Å². The largest absolute Gasteiger partial charge is 0.393 e. The molecule has 0 aliphatic heterocycles. The van der Waals surface area contributed by atoms with Gasteiger partial charge in [0.15, 0.2) is 0 Å². The van der Waals surface area contributed by atoms with Crippen LogP contribution < -0.4 is 0 Å². The quantitative estimate of drug-likeness (QED) is 0.778. The van der Waals surface area contributed by atoms with Crippen LogP contribution in [0.1, 0.15) is 65.2 Å². The van der Waals surface area contributed by atoms with Crippen LogP contribution in [0.25, 0.3) is 0 Å². The zero-order valence-electron chi connectivity index (χ0n) is 11.4. The van der Waals surface area contributed by atoms with Crippen LogP contribution in [0, 0.1) is 17.3 Å². The molecule has 0 unspecified atom stereocenters. The van der Waals surface area contributed by atoms with E-state index in [1.54, 1.807) is 0 Å². The maximum absolute atomic E-state index is 9.60. The van der Waals surface area contributed by atoms with Crippen molar-refractivity contribution in [2.75, 3.05) is 0 Å². The summed E-state index contributed by atoms with van der Waals surface area (Å²) in [7, 11) is 0. The molecule has 100 valence electrons. The fourth-order valence-electron chi connectivity index (χ4n) is 3.97. The third kappa shape index (κ3) is 3.03. The van der Waals surface area contributed by atoms with Gasteiger partial charge in [0.05, 0.1) is 12.2 Å². The van der Waals surface area contributed by atoms with E-state index in [4.69, 9.17) is 0 Å². The van der Waals surface area contributed by atoms with Gasteiger partial charge in [0.25, 0.3) is 0 Å². The van der Waals surface area contributed by atoms with Crippen molar-refractivity contribution in [3.8, 4) is 0 Å². The molecule has 17 heavy (non-hydrogen) atoms. The molecule has 0 aromatic rings. The molecule has 0 bridgehead atoms. The average Bonchev–Trinajstić information content (AvgIpc) is 2.30. The Morgan fingerprint density at radius 3 is 1.24 bits per heavy atom. The Morgan fingerprint density at radius 1 is 0.647 bits per heavy atom. The van der Waals surface area contributed by atoms with Crippen molar-refractivity contribution >= 4 is 0 Å². The first kappa shape index (κ1) is 13.4. The van der Waals surface area contributed by atoms with E-state index in [0.717, 1.165) is 37.5 Å². The fourth-order valence-corrected chi connectivity index (χ4v) is 3.97. The molecule has 0 amide bonds. The normalized spacial score (nSPS) is 40.2. The Bertz CT molecular complexity index is 209. The monoisotopic (exact) mass is 240 g/mol. The molecule has 2 aliphatic rings. The van der Waals surface area contributed by atoms with Gasteiger partial charge in [-0.05, 0) is 68.6 Å². The number of hydrogen-bond acceptors (Lipinski definition) is 2. The van der Waals surface area contributed by atoms with Crippen LogP contribution in [-0.4, -0.2) is 22.4 Å². The van der Waals surface area contributed by atoms with Gasteiger partial charge in [-0.2, -0.15) is 0 Å². The zero-order valence-corrected chi connectivity index (χ0v) is 11.4. The van der Waals surface area contributed by atoms with Gasteiger partial charge in [-0.25, -0.2) is 0 Å². The SMILES string of the molecule is CC(C)([C@H]1CC[C@H](O)CC1)[C@H]1CC[C@H](O)CC1. The van der Waals surface area contributed by atoms with Gasteiger partial charge in [0.1, 0.15) is 0 Å². The first-order valence-corrected chi connectivity index (χ1v) is 7.36. The van der Waals surface area contributed by atoms with E-state index >= 15 is 0 Å². The van der Waals surface area contributed by atoms with E-state index in [1.807, 2.05) is 0 Å². The molecule has 2 fully saturated rings. The molecule has 2 saturated carbocycles. The van der Waals surface area contributed by atoms with Gasteiger partial charge < -0.3 is 10.2 Å². The molecule has 2 nitrogen and oxygen atoms in total. The van der Waals surface area contributed by atoms with Gasteiger partial charge >= 0.3 is 0 Å². The fraction of sp³-hybridized carbons (Fsp3) is 1.00. The third-order valence-electron chi connectivity index (χ3n) is 5.50. The first-order chi connectivity index (χ1) is 8.00. The lowest BCUT2D eigenvalue weighted by Gasteiger charge is -2.46. The molecule has 0 saturated heterocycles. The number of aliphatic hydroxyl groups is 2. The van der Waals surface area contributed by atoms with Gasteiger partial charge in [-0.15, -0.1) is 0 Å². The molecule has 0 radical (unpaired) electrons. The van der Waals surface area contributed by atoms with Crippen LogP contribution in [0.3, 0.4) is 0 Å². The maximum atomic E-state index is 9.60. The van der Waals surface area contributed by atoms with E-state index in [0.29, 0.717) is 5.41 Å². The van der Waals surface area contributed by atoms with Gasteiger partial charge in [0.2, 0.25) is 0 Å². The topological polar surface area (TPSA) is 40.5 Å². The highest BCUT2D eigenvalue weighted by Gasteiger charge is 2.39. The molecule has 2 aliphatic carbocycles. The highest BCUT2D eigenvalue weighted by Crippen LogP contribution is 2.48. The lowest BCUT2D eigenvalue weighted by Crippen LogP contribution is -2.38. The van der Waals surface area contributed by atoms with Crippen molar-refractivity contribution < 1.29 is 10.2 Å². The molecule has 2 rings (SSSR count). The minimum atomic E-state index is -0.0461. The minimum absolute atomic E-state index is 0.0461. The summed E-state index contributed by atoms with van der Waals surface area (Å²) < 4.78 is 0. The molecule has 0 aromatic carbocycles. The number of hydrogen-bond donors (Lipinski definition) is 2.